The van der Waals surface area contributed by atoms with E-state index in [9.17, 15) is 0 Å². The van der Waals surface area contributed by atoms with Gasteiger partial charge in [-0.1, -0.05) is 22.9 Å². The minimum atomic E-state index is -0.0572. The number of hydrogen-bond donors (Lipinski definition) is 1. The molecule has 0 saturated heterocycles. The largest absolute Gasteiger partial charge is 0.391 e. The molecule has 1 N–H and O–H groups in total. The summed E-state index contributed by atoms with van der Waals surface area (Å²) in [5, 5.41) is 10.2. The number of nitrogens with zero attached hydrogens (tertiary/aromatic N) is 2. The molecule has 1 rings (SSSR count). The monoisotopic (exact) mass is 250 g/mol. The number of halogens is 1. The van der Waals surface area contributed by atoms with E-state index in [4.69, 9.17) is 21.4 Å². The van der Waals surface area contributed by atoms with Crippen molar-refractivity contribution >= 4 is 28.1 Å². The van der Waals surface area contributed by atoms with Gasteiger partial charge in [-0.05, 0) is 6.92 Å². The maximum Gasteiger partial charge on any atom is 0.187 e. The third-order valence-corrected chi connectivity index (χ3v) is 3.53. The van der Waals surface area contributed by atoms with Crippen LogP contribution in [0.3, 0.4) is 0 Å². The van der Waals surface area contributed by atoms with Crippen LogP contribution in [0.25, 0.3) is 0 Å². The first-order valence-electron chi connectivity index (χ1n) is 4.72. The normalized spacial score (nSPS) is 10.7. The number of hydrogen-bond acceptors (Lipinski definition) is 5. The fourth-order valence-electron chi connectivity index (χ4n) is 1.14. The third kappa shape index (κ3) is 3.31. The summed E-state index contributed by atoms with van der Waals surface area (Å²) < 4.78 is 5.01. The van der Waals surface area contributed by atoms with Gasteiger partial charge in [-0.25, -0.2) is 4.98 Å². The Morgan fingerprint density at radius 2 is 2.33 bits per heavy atom. The highest BCUT2D eigenvalue weighted by atomic mass is 35.5. The Bertz CT molecular complexity index is 306. The van der Waals surface area contributed by atoms with E-state index in [-0.39, 0.29) is 6.61 Å². The van der Waals surface area contributed by atoms with E-state index in [0.29, 0.717) is 16.6 Å². The minimum Gasteiger partial charge on any atom is -0.391 e. The van der Waals surface area contributed by atoms with Crippen molar-refractivity contribution in [2.75, 3.05) is 31.7 Å². The zero-order valence-corrected chi connectivity index (χ0v) is 10.4. The van der Waals surface area contributed by atoms with Gasteiger partial charge in [0.15, 0.2) is 5.13 Å². The molecule has 0 atom stereocenters. The van der Waals surface area contributed by atoms with Crippen LogP contribution in [0.5, 0.6) is 0 Å². The molecule has 0 spiro atoms. The molecule has 6 heteroatoms. The van der Waals surface area contributed by atoms with Crippen LogP contribution in [-0.4, -0.2) is 36.9 Å². The molecule has 0 radical (unpaired) electrons. The van der Waals surface area contributed by atoms with Crippen molar-refractivity contribution in [1.82, 2.24) is 4.98 Å². The molecule has 0 aliphatic heterocycles. The predicted octanol–water partition coefficient (Wildman–Crippen LogP) is 1.76. The van der Waals surface area contributed by atoms with E-state index in [1.165, 1.54) is 11.3 Å². The smallest absolute Gasteiger partial charge is 0.187 e. The maximum atomic E-state index is 9.01. The molecular weight excluding hydrogens is 236 g/mol. The first-order chi connectivity index (χ1) is 7.22. The fourth-order valence-corrected chi connectivity index (χ4v) is 2.35. The highest BCUT2D eigenvalue weighted by Gasteiger charge is 2.13. The van der Waals surface area contributed by atoms with Gasteiger partial charge in [0.05, 0.1) is 18.1 Å². The second kappa shape index (κ2) is 6.27. The Labute approximate surface area is 98.5 Å². The van der Waals surface area contributed by atoms with Crippen molar-refractivity contribution < 1.29 is 9.84 Å². The van der Waals surface area contributed by atoms with Gasteiger partial charge in [0.25, 0.3) is 0 Å². The number of likely N-dealkylation sites (N-methyl/N-ethyl adjacent to an activating group) is 1. The Kier molecular flexibility index (Phi) is 5.31. The number of aromatic nitrogens is 1. The summed E-state index contributed by atoms with van der Waals surface area (Å²) in [5.74, 6) is 0. The van der Waals surface area contributed by atoms with Crippen molar-refractivity contribution in [2.24, 2.45) is 0 Å². The van der Waals surface area contributed by atoms with Gasteiger partial charge in [0.1, 0.15) is 5.15 Å². The van der Waals surface area contributed by atoms with E-state index >= 15 is 0 Å². The van der Waals surface area contributed by atoms with Gasteiger partial charge in [0, 0.05) is 20.2 Å². The number of aliphatic hydroxyl groups is 1. The molecule has 86 valence electrons. The lowest BCUT2D eigenvalue weighted by atomic mass is 10.5. The van der Waals surface area contributed by atoms with E-state index in [1.807, 2.05) is 6.92 Å². The molecule has 0 aliphatic carbocycles. The fraction of sp³-hybridized carbons (Fsp3) is 0.667. The summed E-state index contributed by atoms with van der Waals surface area (Å²) >= 11 is 7.28. The highest BCUT2D eigenvalue weighted by molar-refractivity contribution is 7.16. The second-order valence-electron chi connectivity index (χ2n) is 2.94. The maximum absolute atomic E-state index is 9.01. The van der Waals surface area contributed by atoms with Gasteiger partial charge in [-0.15, -0.1) is 0 Å². The van der Waals surface area contributed by atoms with E-state index in [2.05, 4.69) is 9.88 Å². The van der Waals surface area contributed by atoms with Crippen molar-refractivity contribution in [3.8, 4) is 0 Å². The second-order valence-corrected chi connectivity index (χ2v) is 4.36. The topological polar surface area (TPSA) is 45.6 Å². The standard InChI is InChI=1S/C9H15ClN2O2S/c1-3-12(4-5-14-2)9-11-8(10)7(6-13)15-9/h13H,3-6H2,1-2H3. The predicted molar refractivity (Wildman–Crippen MR) is 62.8 cm³/mol. The van der Waals surface area contributed by atoms with E-state index < -0.39 is 0 Å². The molecule has 0 bridgehead atoms. The summed E-state index contributed by atoms with van der Waals surface area (Å²) in [6.45, 7) is 4.27. The number of ether oxygens (including phenoxy) is 1. The number of anilines is 1. The van der Waals surface area contributed by atoms with Crippen LogP contribution in [0.4, 0.5) is 5.13 Å². The van der Waals surface area contributed by atoms with Crippen LogP contribution in [-0.2, 0) is 11.3 Å². The zero-order valence-electron chi connectivity index (χ0n) is 8.86. The molecule has 15 heavy (non-hydrogen) atoms. The van der Waals surface area contributed by atoms with Crippen LogP contribution in [0.1, 0.15) is 11.8 Å². The first kappa shape index (κ1) is 12.7. The lowest BCUT2D eigenvalue weighted by Gasteiger charge is -2.18. The first-order valence-corrected chi connectivity index (χ1v) is 5.92. The Hall–Kier alpha value is -0.360. The summed E-state index contributed by atoms with van der Waals surface area (Å²) in [6, 6.07) is 0. The number of methoxy groups -OCH3 is 1. The highest BCUT2D eigenvalue weighted by Crippen LogP contribution is 2.29. The van der Waals surface area contributed by atoms with Crippen molar-refractivity contribution in [2.45, 2.75) is 13.5 Å². The summed E-state index contributed by atoms with van der Waals surface area (Å²) in [4.78, 5) is 6.98. The molecule has 0 aromatic carbocycles. The molecule has 0 amide bonds. The summed E-state index contributed by atoms with van der Waals surface area (Å²) in [5.41, 5.74) is 0. The van der Waals surface area contributed by atoms with Gasteiger partial charge in [-0.2, -0.15) is 0 Å². The van der Waals surface area contributed by atoms with Crippen molar-refractivity contribution in [1.29, 1.82) is 0 Å². The average molecular weight is 251 g/mol. The number of rotatable bonds is 6. The SMILES string of the molecule is CCN(CCOC)c1nc(Cl)c(CO)s1. The molecule has 0 unspecified atom stereocenters. The summed E-state index contributed by atoms with van der Waals surface area (Å²) in [6.07, 6.45) is 0. The third-order valence-electron chi connectivity index (χ3n) is 2.00. The zero-order chi connectivity index (χ0) is 11.3. The summed E-state index contributed by atoms with van der Waals surface area (Å²) in [7, 11) is 1.67. The van der Waals surface area contributed by atoms with Gasteiger partial charge in [-0.3, -0.25) is 0 Å². The van der Waals surface area contributed by atoms with Crippen molar-refractivity contribution in [3.63, 3.8) is 0 Å². The quantitative estimate of drug-likeness (QED) is 0.836. The molecule has 0 fully saturated rings. The molecule has 1 aromatic heterocycles. The van der Waals surface area contributed by atoms with E-state index in [0.717, 1.165) is 18.2 Å². The molecule has 4 nitrogen and oxygen atoms in total. The Balaban J connectivity index is 2.73. The van der Waals surface area contributed by atoms with Crippen LogP contribution < -0.4 is 4.90 Å². The van der Waals surface area contributed by atoms with Gasteiger partial charge in [0.2, 0.25) is 0 Å². The van der Waals surface area contributed by atoms with Crippen LogP contribution in [0.2, 0.25) is 5.15 Å². The lowest BCUT2D eigenvalue weighted by Crippen LogP contribution is -2.26. The molecule has 1 aromatic rings. The van der Waals surface area contributed by atoms with Gasteiger partial charge >= 0.3 is 0 Å². The minimum absolute atomic E-state index is 0.0572. The van der Waals surface area contributed by atoms with Crippen LogP contribution in [0, 0.1) is 0 Å². The molecule has 0 aliphatic rings. The molecular formula is C9H15ClN2O2S. The molecule has 1 heterocycles. The lowest BCUT2D eigenvalue weighted by molar-refractivity contribution is 0.205. The average Bonchev–Trinajstić information content (AvgIpc) is 2.61. The molecule has 0 saturated carbocycles. The van der Waals surface area contributed by atoms with E-state index in [1.54, 1.807) is 7.11 Å². The van der Waals surface area contributed by atoms with Crippen LogP contribution >= 0.6 is 22.9 Å². The number of aliphatic hydroxyl groups excluding tert-OH is 1. The van der Waals surface area contributed by atoms with Crippen LogP contribution in [0.15, 0.2) is 0 Å². The van der Waals surface area contributed by atoms with Gasteiger partial charge < -0.3 is 14.7 Å². The number of thiazole rings is 1. The Morgan fingerprint density at radius 1 is 1.60 bits per heavy atom. The Morgan fingerprint density at radius 3 is 2.80 bits per heavy atom. The van der Waals surface area contributed by atoms with Crippen molar-refractivity contribution in [3.05, 3.63) is 10.0 Å².